The molecule has 0 saturated carbocycles. The van der Waals surface area contributed by atoms with Crippen LogP contribution in [-0.4, -0.2) is 20.8 Å². The number of aryl methyl sites for hydroxylation is 1. The number of nitrogens with zero attached hydrogens (tertiary/aromatic N) is 2. The van der Waals surface area contributed by atoms with Crippen molar-refractivity contribution in [1.82, 2.24) is 9.78 Å². The van der Waals surface area contributed by atoms with Crippen LogP contribution in [0.1, 0.15) is 25.1 Å². The van der Waals surface area contributed by atoms with E-state index in [4.69, 9.17) is 5.73 Å². The Hall–Kier alpha value is -0.160. The number of hydrogen-bond donors (Lipinski definition) is 1. The molecule has 0 aromatic carbocycles. The molecule has 1 aliphatic heterocycles. The molecule has 14 heavy (non-hydrogen) atoms. The van der Waals surface area contributed by atoms with Crippen molar-refractivity contribution in [2.24, 2.45) is 0 Å². The van der Waals surface area contributed by atoms with Gasteiger partial charge in [-0.15, -0.1) is 0 Å². The maximum absolute atomic E-state index is 5.99. The van der Waals surface area contributed by atoms with Crippen molar-refractivity contribution in [2.75, 3.05) is 11.5 Å². The summed E-state index contributed by atoms with van der Waals surface area (Å²) in [5, 5.41) is 5.09. The van der Waals surface area contributed by atoms with Gasteiger partial charge in [-0.25, -0.2) is 4.68 Å². The molecule has 2 unspecified atom stereocenters. The standard InChI is InChI=1S/C9H14BrN3S/c1-5-8(10)9(11)13(12-5)7-3-4-14-6(7)2/h6-7H,3-4,11H2,1-2H3. The summed E-state index contributed by atoms with van der Waals surface area (Å²) in [6.07, 6.45) is 1.17. The molecule has 1 aliphatic rings. The van der Waals surface area contributed by atoms with E-state index < -0.39 is 0 Å². The third-order valence-electron chi connectivity index (χ3n) is 2.70. The molecule has 0 bridgehead atoms. The molecule has 1 fully saturated rings. The minimum absolute atomic E-state index is 0.463. The molecule has 1 saturated heterocycles. The number of nitrogen functional groups attached to an aromatic ring is 1. The van der Waals surface area contributed by atoms with Gasteiger partial charge >= 0.3 is 0 Å². The van der Waals surface area contributed by atoms with Crippen molar-refractivity contribution in [3.05, 3.63) is 10.2 Å². The number of thioether (sulfide) groups is 1. The summed E-state index contributed by atoms with van der Waals surface area (Å²) in [5.41, 5.74) is 6.97. The minimum atomic E-state index is 0.463. The summed E-state index contributed by atoms with van der Waals surface area (Å²) in [5.74, 6) is 1.98. The number of aromatic nitrogens is 2. The van der Waals surface area contributed by atoms with Crippen LogP contribution in [0.5, 0.6) is 0 Å². The fraction of sp³-hybridized carbons (Fsp3) is 0.667. The highest BCUT2D eigenvalue weighted by Gasteiger charge is 2.28. The molecule has 5 heteroatoms. The molecule has 2 N–H and O–H groups in total. The van der Waals surface area contributed by atoms with Gasteiger partial charge in [0.2, 0.25) is 0 Å². The molecule has 1 aromatic rings. The molecular formula is C9H14BrN3S. The Kier molecular flexibility index (Phi) is 2.79. The van der Waals surface area contributed by atoms with Gasteiger partial charge in [-0.3, -0.25) is 0 Å². The summed E-state index contributed by atoms with van der Waals surface area (Å²) in [7, 11) is 0. The van der Waals surface area contributed by atoms with Crippen LogP contribution in [0.2, 0.25) is 0 Å². The highest BCUT2D eigenvalue weighted by atomic mass is 79.9. The van der Waals surface area contributed by atoms with Gasteiger partial charge in [-0.05, 0) is 35.0 Å². The van der Waals surface area contributed by atoms with E-state index in [0.717, 1.165) is 16.0 Å². The Morgan fingerprint density at radius 3 is 2.79 bits per heavy atom. The van der Waals surface area contributed by atoms with Crippen LogP contribution < -0.4 is 5.73 Å². The number of nitrogens with two attached hydrogens (primary N) is 1. The second kappa shape index (κ2) is 3.77. The average molecular weight is 276 g/mol. The first kappa shape index (κ1) is 10.4. The summed E-state index contributed by atoms with van der Waals surface area (Å²) in [6, 6.07) is 0.463. The van der Waals surface area contributed by atoms with Gasteiger partial charge in [0.25, 0.3) is 0 Å². The predicted molar refractivity (Wildman–Crippen MR) is 64.7 cm³/mol. The lowest BCUT2D eigenvalue weighted by Gasteiger charge is -2.16. The SMILES string of the molecule is Cc1nn(C2CCSC2C)c(N)c1Br. The largest absolute Gasteiger partial charge is 0.383 e. The first-order valence-electron chi connectivity index (χ1n) is 4.73. The fourth-order valence-corrected chi connectivity index (χ4v) is 3.32. The summed E-state index contributed by atoms with van der Waals surface area (Å²) in [6.45, 7) is 4.22. The highest BCUT2D eigenvalue weighted by Crippen LogP contribution is 2.38. The van der Waals surface area contributed by atoms with Crippen molar-refractivity contribution >= 4 is 33.5 Å². The van der Waals surface area contributed by atoms with Crippen LogP contribution in [0.15, 0.2) is 4.47 Å². The normalized spacial score (nSPS) is 27.1. The molecule has 2 rings (SSSR count). The molecule has 3 nitrogen and oxygen atoms in total. The Morgan fingerprint density at radius 2 is 2.36 bits per heavy atom. The topological polar surface area (TPSA) is 43.8 Å². The van der Waals surface area contributed by atoms with Gasteiger partial charge in [-0.2, -0.15) is 16.9 Å². The summed E-state index contributed by atoms with van der Waals surface area (Å²) in [4.78, 5) is 0. The quantitative estimate of drug-likeness (QED) is 0.857. The second-order valence-corrected chi connectivity index (χ2v) is 5.94. The van der Waals surface area contributed by atoms with E-state index in [1.807, 2.05) is 23.4 Å². The minimum Gasteiger partial charge on any atom is -0.383 e. The molecule has 1 aromatic heterocycles. The van der Waals surface area contributed by atoms with Gasteiger partial charge in [0.15, 0.2) is 0 Å². The van der Waals surface area contributed by atoms with E-state index in [-0.39, 0.29) is 0 Å². The summed E-state index contributed by atoms with van der Waals surface area (Å²) < 4.78 is 2.92. The zero-order chi connectivity index (χ0) is 10.3. The van der Waals surface area contributed by atoms with Gasteiger partial charge in [0.05, 0.1) is 16.2 Å². The monoisotopic (exact) mass is 275 g/mol. The van der Waals surface area contributed by atoms with Crippen LogP contribution in [0, 0.1) is 6.92 Å². The summed E-state index contributed by atoms with van der Waals surface area (Å²) >= 11 is 5.44. The number of halogens is 1. The van der Waals surface area contributed by atoms with Gasteiger partial charge in [0, 0.05) is 5.25 Å². The van der Waals surface area contributed by atoms with Crippen LogP contribution >= 0.6 is 27.7 Å². The Bertz CT molecular complexity index is 350. The van der Waals surface area contributed by atoms with Gasteiger partial charge < -0.3 is 5.73 Å². The lowest BCUT2D eigenvalue weighted by atomic mass is 10.2. The van der Waals surface area contributed by atoms with E-state index in [1.54, 1.807) is 0 Å². The van der Waals surface area contributed by atoms with E-state index >= 15 is 0 Å². The van der Waals surface area contributed by atoms with Crippen molar-refractivity contribution < 1.29 is 0 Å². The predicted octanol–water partition coefficient (Wildman–Crippen LogP) is 2.60. The second-order valence-electron chi connectivity index (χ2n) is 3.66. The molecule has 78 valence electrons. The third-order valence-corrected chi connectivity index (χ3v) is 4.99. The van der Waals surface area contributed by atoms with Crippen LogP contribution in [-0.2, 0) is 0 Å². The van der Waals surface area contributed by atoms with Crippen LogP contribution in [0.4, 0.5) is 5.82 Å². The first-order chi connectivity index (χ1) is 6.61. The van der Waals surface area contributed by atoms with Crippen LogP contribution in [0.3, 0.4) is 0 Å². The van der Waals surface area contributed by atoms with Crippen molar-refractivity contribution in [3.8, 4) is 0 Å². The van der Waals surface area contributed by atoms with Crippen molar-refractivity contribution in [3.63, 3.8) is 0 Å². The number of rotatable bonds is 1. The molecular weight excluding hydrogens is 262 g/mol. The zero-order valence-corrected chi connectivity index (χ0v) is 10.7. The lowest BCUT2D eigenvalue weighted by molar-refractivity contribution is 0.461. The van der Waals surface area contributed by atoms with Crippen molar-refractivity contribution in [2.45, 2.75) is 31.6 Å². The lowest BCUT2D eigenvalue weighted by Crippen LogP contribution is -2.17. The molecule has 2 heterocycles. The average Bonchev–Trinajstić information content (AvgIpc) is 2.66. The van der Waals surface area contributed by atoms with Crippen molar-refractivity contribution in [1.29, 1.82) is 0 Å². The Labute approximate surface area is 96.6 Å². The zero-order valence-electron chi connectivity index (χ0n) is 8.33. The maximum Gasteiger partial charge on any atom is 0.136 e. The van der Waals surface area contributed by atoms with E-state index in [0.29, 0.717) is 11.3 Å². The first-order valence-corrected chi connectivity index (χ1v) is 6.57. The Balaban J connectivity index is 2.36. The van der Waals surface area contributed by atoms with E-state index in [9.17, 15) is 0 Å². The molecule has 0 aliphatic carbocycles. The maximum atomic E-state index is 5.99. The molecule has 0 spiro atoms. The van der Waals surface area contributed by atoms with Gasteiger partial charge in [0.1, 0.15) is 5.82 Å². The van der Waals surface area contributed by atoms with E-state index in [1.165, 1.54) is 12.2 Å². The molecule has 2 atom stereocenters. The van der Waals surface area contributed by atoms with Crippen LogP contribution in [0.25, 0.3) is 0 Å². The Morgan fingerprint density at radius 1 is 1.64 bits per heavy atom. The fourth-order valence-electron chi connectivity index (χ4n) is 1.84. The molecule has 0 radical (unpaired) electrons. The van der Waals surface area contributed by atoms with Gasteiger partial charge in [-0.1, -0.05) is 6.92 Å². The molecule has 0 amide bonds. The number of hydrogen-bond acceptors (Lipinski definition) is 3. The van der Waals surface area contributed by atoms with E-state index in [2.05, 4.69) is 28.0 Å². The highest BCUT2D eigenvalue weighted by molar-refractivity contribution is 9.10. The third kappa shape index (κ3) is 1.56. The smallest absolute Gasteiger partial charge is 0.136 e. The number of anilines is 1.